The van der Waals surface area contributed by atoms with Crippen molar-refractivity contribution in [2.75, 3.05) is 18.1 Å². The van der Waals surface area contributed by atoms with Crippen LogP contribution in [-0.2, 0) is 38.2 Å². The van der Waals surface area contributed by atoms with E-state index in [9.17, 15) is 28.8 Å². The van der Waals surface area contributed by atoms with Crippen LogP contribution in [0.15, 0.2) is 12.2 Å². The molecule has 4 N–H and O–H groups in total. The molecule has 0 aromatic heterocycles. The van der Waals surface area contributed by atoms with Gasteiger partial charge in [0.15, 0.2) is 0 Å². The summed E-state index contributed by atoms with van der Waals surface area (Å²) >= 11 is 0. The zero-order valence-electron chi connectivity index (χ0n) is 24.5. The van der Waals surface area contributed by atoms with E-state index in [1.165, 1.54) is 21.6 Å². The molecule has 0 aromatic rings. The van der Waals surface area contributed by atoms with Crippen LogP contribution in [0.1, 0.15) is 67.2 Å². The van der Waals surface area contributed by atoms with Gasteiger partial charge < -0.3 is 30.7 Å². The first-order valence-electron chi connectivity index (χ1n) is 13.6. The quantitative estimate of drug-likeness (QED) is 0.207. The molecule has 0 radical (unpaired) electrons. The van der Waals surface area contributed by atoms with E-state index in [1.54, 1.807) is 53.7 Å². The maximum atomic E-state index is 13.4. The van der Waals surface area contributed by atoms with Crippen LogP contribution < -0.4 is 21.3 Å². The highest BCUT2D eigenvalue weighted by atomic mass is 33.1. The van der Waals surface area contributed by atoms with Crippen LogP contribution in [0, 0.1) is 5.41 Å². The molecule has 1 fully saturated rings. The van der Waals surface area contributed by atoms with Crippen LogP contribution in [0.3, 0.4) is 0 Å². The van der Waals surface area contributed by atoms with E-state index in [1.807, 2.05) is 0 Å². The van der Waals surface area contributed by atoms with Crippen molar-refractivity contribution < 1.29 is 38.2 Å². The zero-order valence-corrected chi connectivity index (χ0v) is 26.1. The van der Waals surface area contributed by atoms with Gasteiger partial charge in [0.1, 0.15) is 36.4 Å². The summed E-state index contributed by atoms with van der Waals surface area (Å²) in [5, 5.41) is 10.6. The lowest BCUT2D eigenvalue weighted by molar-refractivity contribution is -0.155. The molecule has 0 aromatic carbocycles. The molecule has 2 rings (SSSR count). The number of carbonyl (C=O) groups excluding carboxylic acids is 6. The number of esters is 2. The summed E-state index contributed by atoms with van der Waals surface area (Å²) in [4.78, 5) is 77.9. The van der Waals surface area contributed by atoms with Crippen molar-refractivity contribution in [1.82, 2.24) is 21.3 Å². The van der Waals surface area contributed by atoms with Crippen molar-refractivity contribution in [3.05, 3.63) is 12.2 Å². The molecule has 230 valence electrons. The van der Waals surface area contributed by atoms with Gasteiger partial charge in [-0.15, -0.1) is 0 Å². The van der Waals surface area contributed by atoms with E-state index in [-0.39, 0.29) is 25.0 Å². The minimum atomic E-state index is -1.18. The number of nitrogens with one attached hydrogen (secondary N) is 4. The van der Waals surface area contributed by atoms with Gasteiger partial charge in [0.05, 0.1) is 6.42 Å². The number of carbonyl (C=O) groups is 6. The first-order chi connectivity index (χ1) is 19.0. The zero-order chi connectivity index (χ0) is 30.8. The Balaban J connectivity index is 2.46. The Hall–Kier alpha value is -2.74. The molecule has 2 heterocycles. The van der Waals surface area contributed by atoms with Crippen molar-refractivity contribution in [3.63, 3.8) is 0 Å². The van der Waals surface area contributed by atoms with E-state index >= 15 is 0 Å². The lowest BCUT2D eigenvalue weighted by Crippen LogP contribution is -2.60. The number of hydrogen-bond donors (Lipinski definition) is 4. The molecule has 12 nitrogen and oxygen atoms in total. The normalized spacial score (nSPS) is 26.8. The van der Waals surface area contributed by atoms with Crippen LogP contribution in [-0.4, -0.2) is 83.4 Å². The van der Waals surface area contributed by atoms with Crippen molar-refractivity contribution in [2.45, 2.75) is 97.1 Å². The summed E-state index contributed by atoms with van der Waals surface area (Å²) < 4.78 is 10.8. The Morgan fingerprint density at radius 1 is 0.976 bits per heavy atom. The van der Waals surface area contributed by atoms with Crippen LogP contribution in [0.5, 0.6) is 0 Å². The molecule has 0 spiro atoms. The minimum Gasteiger partial charge on any atom is -0.460 e. The molecule has 2 aliphatic heterocycles. The van der Waals surface area contributed by atoms with E-state index in [2.05, 4.69) is 21.3 Å². The van der Waals surface area contributed by atoms with Gasteiger partial charge in [0, 0.05) is 17.9 Å². The molecule has 1 saturated heterocycles. The second-order valence-electron chi connectivity index (χ2n) is 11.9. The minimum absolute atomic E-state index is 0.0873. The Kier molecular flexibility index (Phi) is 13.0. The summed E-state index contributed by atoms with van der Waals surface area (Å²) in [6.45, 7) is 9.98. The summed E-state index contributed by atoms with van der Waals surface area (Å²) in [6, 6.07) is -3.25. The lowest BCUT2D eigenvalue weighted by atomic mass is 9.86. The lowest BCUT2D eigenvalue weighted by Gasteiger charge is -2.32. The van der Waals surface area contributed by atoms with Gasteiger partial charge in [-0.25, -0.2) is 0 Å². The predicted molar refractivity (Wildman–Crippen MR) is 157 cm³/mol. The number of allylic oxidation sites excluding steroid dienone is 1. The molecule has 2 bridgehead atoms. The summed E-state index contributed by atoms with van der Waals surface area (Å²) in [6.07, 6.45) is 2.51. The number of fused-ring (bicyclic) bond motifs is 7. The second-order valence-corrected chi connectivity index (χ2v) is 14.5. The van der Waals surface area contributed by atoms with E-state index < -0.39 is 77.4 Å². The van der Waals surface area contributed by atoms with Crippen molar-refractivity contribution >= 4 is 57.2 Å². The smallest absolute Gasteiger partial charge is 0.326 e. The third-order valence-corrected chi connectivity index (χ3v) is 8.32. The van der Waals surface area contributed by atoms with Gasteiger partial charge in [-0.3, -0.25) is 28.8 Å². The van der Waals surface area contributed by atoms with E-state index in [0.29, 0.717) is 12.2 Å². The molecular formula is C27H42N4O8S2. The molecule has 0 saturated carbocycles. The Morgan fingerprint density at radius 2 is 1.68 bits per heavy atom. The molecule has 4 atom stereocenters. The van der Waals surface area contributed by atoms with Crippen molar-refractivity contribution in [1.29, 1.82) is 0 Å². The molecule has 0 aliphatic carbocycles. The number of rotatable bonds is 3. The second kappa shape index (κ2) is 15.5. The maximum Gasteiger partial charge on any atom is 0.326 e. The third-order valence-electron chi connectivity index (χ3n) is 5.87. The molecule has 14 heteroatoms. The first-order valence-corrected chi connectivity index (χ1v) is 16.0. The molecule has 2 aliphatic rings. The van der Waals surface area contributed by atoms with Gasteiger partial charge >= 0.3 is 11.9 Å². The fourth-order valence-electron chi connectivity index (χ4n) is 3.89. The highest BCUT2D eigenvalue weighted by Gasteiger charge is 2.36. The summed E-state index contributed by atoms with van der Waals surface area (Å²) in [5.74, 6) is -2.92. The molecular weight excluding hydrogens is 572 g/mol. The highest BCUT2D eigenvalue weighted by molar-refractivity contribution is 8.76. The van der Waals surface area contributed by atoms with Gasteiger partial charge in [0.2, 0.25) is 23.6 Å². The highest BCUT2D eigenvalue weighted by Crippen LogP contribution is 2.25. The van der Waals surface area contributed by atoms with Gasteiger partial charge in [-0.1, -0.05) is 48.4 Å². The average molecular weight is 615 g/mol. The fraction of sp³-hybridized carbons (Fsp3) is 0.704. The Labute approximate surface area is 249 Å². The van der Waals surface area contributed by atoms with E-state index in [0.717, 1.165) is 0 Å². The number of ether oxygens (including phenoxy) is 2. The van der Waals surface area contributed by atoms with Gasteiger partial charge in [-0.2, -0.15) is 0 Å². The molecule has 4 amide bonds. The average Bonchev–Trinajstić information content (AvgIpc) is 2.84. The largest absolute Gasteiger partial charge is 0.460 e. The maximum absolute atomic E-state index is 13.4. The molecule has 41 heavy (non-hydrogen) atoms. The van der Waals surface area contributed by atoms with Gasteiger partial charge in [0.25, 0.3) is 0 Å². The monoisotopic (exact) mass is 614 g/mol. The summed E-state index contributed by atoms with van der Waals surface area (Å²) in [5.41, 5.74) is -1.46. The molecule has 0 unspecified atom stereocenters. The Bertz CT molecular complexity index is 1020. The van der Waals surface area contributed by atoms with Gasteiger partial charge in [-0.05, 0) is 45.1 Å². The number of amides is 4. The van der Waals surface area contributed by atoms with Crippen LogP contribution in [0.2, 0.25) is 0 Å². The summed E-state index contributed by atoms with van der Waals surface area (Å²) in [7, 11) is 2.87. The van der Waals surface area contributed by atoms with Crippen LogP contribution >= 0.6 is 21.6 Å². The SMILES string of the molecule is CC(C)(C)OC(=O)CC[C@H]1NC(=O)C[C@H]2/C=C/CCSSC[C@@H](NC1=O)C(=O)N[C@H](C(C)(C)C)C(=O)NCC(=O)O2. The van der Waals surface area contributed by atoms with Crippen molar-refractivity contribution in [3.8, 4) is 0 Å². The fourth-order valence-corrected chi connectivity index (χ4v) is 6.05. The first kappa shape index (κ1) is 34.5. The number of hydrogen-bond acceptors (Lipinski definition) is 10. The van der Waals surface area contributed by atoms with Crippen LogP contribution in [0.4, 0.5) is 0 Å². The topological polar surface area (TPSA) is 169 Å². The van der Waals surface area contributed by atoms with Crippen LogP contribution in [0.25, 0.3) is 0 Å². The third kappa shape index (κ3) is 12.8. The van der Waals surface area contributed by atoms with Crippen molar-refractivity contribution in [2.24, 2.45) is 5.41 Å². The Morgan fingerprint density at radius 3 is 2.34 bits per heavy atom. The predicted octanol–water partition coefficient (Wildman–Crippen LogP) is 1.38. The van der Waals surface area contributed by atoms with E-state index in [4.69, 9.17) is 9.47 Å². The standard InChI is InChI=1S/C27H42N4O8S2/c1-26(2,3)22-25(37)28-14-21(34)38-16-9-7-8-12-40-41-15-18(24(36)31-22)30-23(35)17(29-19(32)13-16)10-11-20(33)39-27(4,5)6/h7,9,16-18,22H,8,10-15H2,1-6H3,(H,28,37)(H,29,32)(H,30,35)(H,31,36)/b9-7+/t16-,17-,18-,22+/m1/s1.